The Hall–Kier alpha value is -2.37. The molecule has 0 spiro atoms. The number of carbonyl (C=O) groups excluding carboxylic acids is 1. The Morgan fingerprint density at radius 2 is 1.96 bits per heavy atom. The van der Waals surface area contributed by atoms with Gasteiger partial charge in [0.15, 0.2) is 11.3 Å². The number of piperazine rings is 1. The number of pyridine rings is 1. The van der Waals surface area contributed by atoms with Crippen LogP contribution >= 0.6 is 11.6 Å². The van der Waals surface area contributed by atoms with Crippen molar-refractivity contribution in [3.8, 4) is 0 Å². The van der Waals surface area contributed by atoms with E-state index < -0.39 is 0 Å². The molecule has 0 unspecified atom stereocenters. The summed E-state index contributed by atoms with van der Waals surface area (Å²) in [5.74, 6) is 0.332. The van der Waals surface area contributed by atoms with Gasteiger partial charge in [-0.25, -0.2) is 0 Å². The minimum Gasteiger partial charge on any atom is -0.449 e. The first-order valence-electron chi connectivity index (χ1n) is 8.72. The molecule has 0 radical (unpaired) electrons. The first kappa shape index (κ1) is 17.1. The summed E-state index contributed by atoms with van der Waals surface area (Å²) in [5.41, 5.74) is 2.49. The summed E-state index contributed by atoms with van der Waals surface area (Å²) >= 11 is 6.20. The van der Waals surface area contributed by atoms with E-state index in [0.717, 1.165) is 36.3 Å². The lowest BCUT2D eigenvalue weighted by Gasteiger charge is -2.34. The van der Waals surface area contributed by atoms with Gasteiger partial charge in [0.25, 0.3) is 5.91 Å². The molecule has 1 amide bonds. The van der Waals surface area contributed by atoms with Gasteiger partial charge in [-0.3, -0.25) is 14.7 Å². The predicted molar refractivity (Wildman–Crippen MR) is 101 cm³/mol. The average molecular weight is 370 g/mol. The van der Waals surface area contributed by atoms with E-state index in [4.69, 9.17) is 16.0 Å². The minimum atomic E-state index is -0.0627. The lowest BCUT2D eigenvalue weighted by atomic mass is 10.1. The third-order valence-electron chi connectivity index (χ3n) is 4.88. The van der Waals surface area contributed by atoms with Crippen molar-refractivity contribution in [1.82, 2.24) is 14.8 Å². The molecule has 5 nitrogen and oxygen atoms in total. The highest BCUT2D eigenvalue weighted by Crippen LogP contribution is 2.31. The molecule has 0 N–H and O–H groups in total. The minimum absolute atomic E-state index is 0.0627. The number of nitrogens with zero attached hydrogens (tertiary/aromatic N) is 3. The molecule has 0 saturated carbocycles. The van der Waals surface area contributed by atoms with Crippen LogP contribution < -0.4 is 0 Å². The van der Waals surface area contributed by atoms with E-state index in [1.165, 1.54) is 0 Å². The normalized spacial score (nSPS) is 15.5. The van der Waals surface area contributed by atoms with Gasteiger partial charge in [-0.2, -0.15) is 0 Å². The molecule has 0 bridgehead atoms. The van der Waals surface area contributed by atoms with Crippen LogP contribution in [0.5, 0.6) is 0 Å². The fraction of sp³-hybridized carbons (Fsp3) is 0.300. The molecule has 1 aromatic carbocycles. The van der Waals surface area contributed by atoms with Crippen LogP contribution in [0, 0.1) is 6.92 Å². The highest BCUT2D eigenvalue weighted by atomic mass is 35.5. The van der Waals surface area contributed by atoms with Gasteiger partial charge in [0, 0.05) is 49.9 Å². The van der Waals surface area contributed by atoms with Crippen molar-refractivity contribution in [2.75, 3.05) is 26.2 Å². The summed E-state index contributed by atoms with van der Waals surface area (Å²) in [5, 5.41) is 1.43. The van der Waals surface area contributed by atoms with Gasteiger partial charge in [0.1, 0.15) is 0 Å². The lowest BCUT2D eigenvalue weighted by molar-refractivity contribution is 0.0597. The zero-order valence-corrected chi connectivity index (χ0v) is 15.4. The van der Waals surface area contributed by atoms with Gasteiger partial charge in [-0.15, -0.1) is 0 Å². The molecular weight excluding hydrogens is 350 g/mol. The van der Waals surface area contributed by atoms with Crippen LogP contribution in [0.15, 0.2) is 47.0 Å². The molecular formula is C20H20ClN3O2. The number of para-hydroxylation sites is 1. The van der Waals surface area contributed by atoms with Crippen molar-refractivity contribution in [3.05, 3.63) is 64.6 Å². The number of aromatic nitrogens is 1. The van der Waals surface area contributed by atoms with Crippen molar-refractivity contribution < 1.29 is 9.21 Å². The van der Waals surface area contributed by atoms with Crippen molar-refractivity contribution in [3.63, 3.8) is 0 Å². The molecule has 6 heteroatoms. The second-order valence-corrected chi connectivity index (χ2v) is 6.97. The third kappa shape index (κ3) is 3.20. The summed E-state index contributed by atoms with van der Waals surface area (Å²) in [4.78, 5) is 21.5. The molecule has 2 aromatic heterocycles. The molecule has 1 saturated heterocycles. The monoisotopic (exact) mass is 369 g/mol. The van der Waals surface area contributed by atoms with E-state index in [-0.39, 0.29) is 5.91 Å². The van der Waals surface area contributed by atoms with Crippen LogP contribution in [0.3, 0.4) is 0 Å². The molecule has 3 aromatic rings. The Kier molecular flexibility index (Phi) is 4.66. The number of carbonyl (C=O) groups is 1. The molecule has 0 aliphatic carbocycles. The summed E-state index contributed by atoms with van der Waals surface area (Å²) in [6.07, 6.45) is 1.81. The summed E-state index contributed by atoms with van der Waals surface area (Å²) in [6, 6.07) is 11.5. The number of amides is 1. The number of benzene rings is 1. The van der Waals surface area contributed by atoms with Crippen molar-refractivity contribution in [1.29, 1.82) is 0 Å². The van der Waals surface area contributed by atoms with Crippen LogP contribution in [0.4, 0.5) is 0 Å². The number of hydrogen-bond donors (Lipinski definition) is 0. The second kappa shape index (κ2) is 7.09. The number of rotatable bonds is 3. The highest BCUT2D eigenvalue weighted by Gasteiger charge is 2.27. The van der Waals surface area contributed by atoms with E-state index in [0.29, 0.717) is 29.5 Å². The van der Waals surface area contributed by atoms with Crippen LogP contribution in [0.2, 0.25) is 5.02 Å². The van der Waals surface area contributed by atoms with Gasteiger partial charge in [-0.1, -0.05) is 29.8 Å². The second-order valence-electron chi connectivity index (χ2n) is 6.56. The first-order valence-corrected chi connectivity index (χ1v) is 9.10. The molecule has 0 atom stereocenters. The largest absolute Gasteiger partial charge is 0.449 e. The fourth-order valence-electron chi connectivity index (χ4n) is 3.39. The molecule has 4 rings (SSSR count). The number of fused-ring (bicyclic) bond motifs is 1. The smallest absolute Gasteiger partial charge is 0.289 e. The van der Waals surface area contributed by atoms with Gasteiger partial charge in [0.05, 0.1) is 10.7 Å². The molecule has 3 heterocycles. The van der Waals surface area contributed by atoms with Crippen molar-refractivity contribution in [2.45, 2.75) is 13.5 Å². The number of furan rings is 1. The predicted octanol–water partition coefficient (Wildman–Crippen LogP) is 3.75. The highest BCUT2D eigenvalue weighted by molar-refractivity contribution is 6.35. The maximum atomic E-state index is 12.9. The van der Waals surface area contributed by atoms with Gasteiger partial charge in [0.2, 0.25) is 0 Å². The Labute approximate surface area is 157 Å². The summed E-state index contributed by atoms with van der Waals surface area (Å²) in [6.45, 7) is 5.71. The zero-order chi connectivity index (χ0) is 18.1. The quantitative estimate of drug-likeness (QED) is 0.705. The molecule has 26 heavy (non-hydrogen) atoms. The molecule has 1 fully saturated rings. The van der Waals surface area contributed by atoms with Crippen LogP contribution in [-0.2, 0) is 6.54 Å². The summed E-state index contributed by atoms with van der Waals surface area (Å²) < 4.78 is 5.82. The standard InChI is InChI=1S/C20H20ClN3O2/c1-14-16-6-4-7-17(21)19(16)26-18(14)20(25)24-11-9-23(10-12-24)13-15-5-2-3-8-22-15/h2-8H,9-13H2,1H3. The van der Waals surface area contributed by atoms with Gasteiger partial charge >= 0.3 is 0 Å². The SMILES string of the molecule is Cc1c(C(=O)N2CCN(Cc3ccccn3)CC2)oc2c(Cl)cccc12. The Balaban J connectivity index is 1.45. The maximum Gasteiger partial charge on any atom is 0.289 e. The number of aryl methyl sites for hydroxylation is 1. The average Bonchev–Trinajstić information content (AvgIpc) is 3.01. The molecule has 134 valence electrons. The van der Waals surface area contributed by atoms with Gasteiger partial charge < -0.3 is 9.32 Å². The number of halogens is 1. The maximum absolute atomic E-state index is 12.9. The van der Waals surface area contributed by atoms with Crippen molar-refractivity contribution >= 4 is 28.5 Å². The fourth-order valence-corrected chi connectivity index (χ4v) is 3.60. The molecule has 1 aliphatic rings. The Morgan fingerprint density at radius 1 is 1.15 bits per heavy atom. The van der Waals surface area contributed by atoms with Crippen LogP contribution in [-0.4, -0.2) is 46.9 Å². The van der Waals surface area contributed by atoms with E-state index in [2.05, 4.69) is 9.88 Å². The van der Waals surface area contributed by atoms with E-state index in [1.807, 2.05) is 48.4 Å². The summed E-state index contributed by atoms with van der Waals surface area (Å²) in [7, 11) is 0. The van der Waals surface area contributed by atoms with Crippen molar-refractivity contribution in [2.24, 2.45) is 0 Å². The Bertz CT molecular complexity index is 931. The lowest BCUT2D eigenvalue weighted by Crippen LogP contribution is -2.48. The zero-order valence-electron chi connectivity index (χ0n) is 14.6. The van der Waals surface area contributed by atoms with Crippen LogP contribution in [0.25, 0.3) is 11.0 Å². The Morgan fingerprint density at radius 3 is 2.65 bits per heavy atom. The molecule has 1 aliphatic heterocycles. The number of hydrogen-bond acceptors (Lipinski definition) is 4. The first-order chi connectivity index (χ1) is 12.6. The van der Waals surface area contributed by atoms with Gasteiger partial charge in [-0.05, 0) is 25.1 Å². The van der Waals surface area contributed by atoms with E-state index in [1.54, 1.807) is 6.07 Å². The topological polar surface area (TPSA) is 49.6 Å². The van der Waals surface area contributed by atoms with Crippen LogP contribution in [0.1, 0.15) is 21.8 Å². The van der Waals surface area contributed by atoms with E-state index >= 15 is 0 Å². The van der Waals surface area contributed by atoms with E-state index in [9.17, 15) is 4.79 Å². The third-order valence-corrected chi connectivity index (χ3v) is 5.18.